The van der Waals surface area contributed by atoms with Gasteiger partial charge in [0.15, 0.2) is 0 Å². The van der Waals surface area contributed by atoms with Crippen molar-refractivity contribution in [1.29, 1.82) is 0 Å². The van der Waals surface area contributed by atoms with Crippen molar-refractivity contribution >= 4 is 0 Å². The Morgan fingerprint density at radius 1 is 1.05 bits per heavy atom. The second kappa shape index (κ2) is 7.37. The second-order valence-corrected chi connectivity index (χ2v) is 7.85. The molecule has 1 rings (SSSR count). The molecular weight excluding hydrogens is 265 g/mol. The van der Waals surface area contributed by atoms with Gasteiger partial charge in [-0.05, 0) is 50.3 Å². The number of hydrogen-bond acceptors (Lipinski definition) is 2. The van der Waals surface area contributed by atoms with Crippen molar-refractivity contribution in [2.75, 3.05) is 13.2 Å². The normalized spacial score (nSPS) is 14.2. The first-order valence-electron chi connectivity index (χ1n) is 7.69. The summed E-state index contributed by atoms with van der Waals surface area (Å²) >= 11 is 0. The zero-order valence-electron chi connectivity index (χ0n) is 14.3. The van der Waals surface area contributed by atoms with E-state index in [2.05, 4.69) is 46.9 Å². The van der Waals surface area contributed by atoms with E-state index in [0.717, 1.165) is 18.5 Å². The lowest BCUT2D eigenvalue weighted by Crippen LogP contribution is -2.39. The average Bonchev–Trinajstić information content (AvgIpc) is 2.32. The Morgan fingerprint density at radius 3 is 2.10 bits per heavy atom. The van der Waals surface area contributed by atoms with Crippen LogP contribution in [-0.2, 0) is 4.74 Å². The summed E-state index contributed by atoms with van der Waals surface area (Å²) in [6, 6.07) is 6.60. The highest BCUT2D eigenvalue weighted by molar-refractivity contribution is 5.19. The molecule has 0 fully saturated rings. The third-order valence-corrected chi connectivity index (χ3v) is 3.23. The van der Waals surface area contributed by atoms with E-state index in [1.165, 1.54) is 12.1 Å². The monoisotopic (exact) mass is 295 g/mol. The summed E-state index contributed by atoms with van der Waals surface area (Å²) < 4.78 is 19.1. The molecular formula is C18H30FNO. The lowest BCUT2D eigenvalue weighted by Gasteiger charge is -2.27. The quantitative estimate of drug-likeness (QED) is 0.821. The Hall–Kier alpha value is -0.930. The fourth-order valence-electron chi connectivity index (χ4n) is 1.86. The van der Waals surface area contributed by atoms with Gasteiger partial charge in [-0.15, -0.1) is 0 Å². The van der Waals surface area contributed by atoms with Gasteiger partial charge >= 0.3 is 0 Å². The number of hydrogen-bond donors (Lipinski definition) is 1. The van der Waals surface area contributed by atoms with Crippen LogP contribution < -0.4 is 5.32 Å². The zero-order chi connectivity index (χ0) is 16.1. The summed E-state index contributed by atoms with van der Waals surface area (Å²) in [5, 5.41) is 3.46. The van der Waals surface area contributed by atoms with Gasteiger partial charge < -0.3 is 10.1 Å². The zero-order valence-corrected chi connectivity index (χ0v) is 14.3. The van der Waals surface area contributed by atoms with Gasteiger partial charge in [0, 0.05) is 18.7 Å². The molecule has 0 radical (unpaired) electrons. The average molecular weight is 295 g/mol. The molecule has 0 saturated carbocycles. The summed E-state index contributed by atoms with van der Waals surface area (Å²) in [5.74, 6) is -0.212. The highest BCUT2D eigenvalue weighted by atomic mass is 19.1. The minimum Gasteiger partial charge on any atom is -0.372 e. The minimum atomic E-state index is -0.212. The number of rotatable bonds is 6. The van der Waals surface area contributed by atoms with Crippen LogP contribution in [-0.4, -0.2) is 18.7 Å². The largest absolute Gasteiger partial charge is 0.372 e. The topological polar surface area (TPSA) is 21.3 Å². The van der Waals surface area contributed by atoms with Crippen LogP contribution in [0.5, 0.6) is 0 Å². The molecule has 2 nitrogen and oxygen atoms in total. The highest BCUT2D eigenvalue weighted by Crippen LogP contribution is 2.23. The summed E-state index contributed by atoms with van der Waals surface area (Å²) in [6.45, 7) is 14.4. The van der Waals surface area contributed by atoms with E-state index in [1.807, 2.05) is 0 Å². The lowest BCUT2D eigenvalue weighted by atomic mass is 9.93. The van der Waals surface area contributed by atoms with Crippen molar-refractivity contribution in [3.8, 4) is 0 Å². The fraction of sp³-hybridized carbons (Fsp3) is 0.667. The first-order chi connectivity index (χ1) is 9.57. The second-order valence-electron chi connectivity index (χ2n) is 7.85. The van der Waals surface area contributed by atoms with Crippen LogP contribution >= 0.6 is 0 Å². The van der Waals surface area contributed by atoms with E-state index in [4.69, 9.17) is 4.74 Å². The maximum absolute atomic E-state index is 13.1. The van der Waals surface area contributed by atoms with Crippen LogP contribution in [0.4, 0.5) is 4.39 Å². The van der Waals surface area contributed by atoms with Crippen molar-refractivity contribution < 1.29 is 9.13 Å². The molecule has 1 N–H and O–H groups in total. The van der Waals surface area contributed by atoms with E-state index in [-0.39, 0.29) is 22.9 Å². The smallest absolute Gasteiger partial charge is 0.123 e. The molecule has 0 spiro atoms. The standard InChI is InChI=1S/C18H30FNO/c1-17(2,3)11-12-21-16(13-20-18(4,5)6)14-7-9-15(19)10-8-14/h7-10,16,20H,11-13H2,1-6H3. The molecule has 0 aromatic heterocycles. The Morgan fingerprint density at radius 2 is 1.62 bits per heavy atom. The molecule has 120 valence electrons. The molecule has 0 aliphatic rings. The first-order valence-corrected chi connectivity index (χ1v) is 7.69. The fourth-order valence-corrected chi connectivity index (χ4v) is 1.86. The molecule has 0 aliphatic heterocycles. The first kappa shape index (κ1) is 18.1. The van der Waals surface area contributed by atoms with Crippen molar-refractivity contribution in [3.05, 3.63) is 35.6 Å². The van der Waals surface area contributed by atoms with Gasteiger partial charge in [0.2, 0.25) is 0 Å². The van der Waals surface area contributed by atoms with E-state index < -0.39 is 0 Å². The number of ether oxygens (including phenoxy) is 1. The van der Waals surface area contributed by atoms with Crippen molar-refractivity contribution in [2.45, 2.75) is 59.6 Å². The van der Waals surface area contributed by atoms with Crippen molar-refractivity contribution in [1.82, 2.24) is 5.32 Å². The predicted molar refractivity (Wildman–Crippen MR) is 86.9 cm³/mol. The Bertz CT molecular complexity index is 414. The summed E-state index contributed by atoms with van der Waals surface area (Å²) in [5.41, 5.74) is 1.30. The van der Waals surface area contributed by atoms with Crippen LogP contribution in [0.3, 0.4) is 0 Å². The molecule has 21 heavy (non-hydrogen) atoms. The maximum atomic E-state index is 13.1. The van der Waals surface area contributed by atoms with Crippen LogP contribution in [0.25, 0.3) is 0 Å². The van der Waals surface area contributed by atoms with Gasteiger partial charge in [-0.3, -0.25) is 0 Å². The van der Waals surface area contributed by atoms with Gasteiger partial charge in [0.05, 0.1) is 6.10 Å². The van der Waals surface area contributed by atoms with E-state index >= 15 is 0 Å². The van der Waals surface area contributed by atoms with Gasteiger partial charge in [-0.25, -0.2) is 4.39 Å². The SMILES string of the molecule is CC(C)(C)CCOC(CNC(C)(C)C)c1ccc(F)cc1. The van der Waals surface area contributed by atoms with E-state index in [1.54, 1.807) is 12.1 Å². The number of benzene rings is 1. The van der Waals surface area contributed by atoms with Crippen LogP contribution in [0.1, 0.15) is 59.6 Å². The molecule has 1 unspecified atom stereocenters. The molecule has 1 aromatic carbocycles. The molecule has 3 heteroatoms. The Balaban J connectivity index is 2.67. The van der Waals surface area contributed by atoms with E-state index in [0.29, 0.717) is 6.61 Å². The predicted octanol–water partition coefficient (Wildman–Crippen LogP) is 4.71. The number of halogens is 1. The molecule has 0 bridgehead atoms. The van der Waals surface area contributed by atoms with Gasteiger partial charge in [-0.2, -0.15) is 0 Å². The van der Waals surface area contributed by atoms with Crippen molar-refractivity contribution in [2.24, 2.45) is 5.41 Å². The minimum absolute atomic E-state index is 0.0334. The highest BCUT2D eigenvalue weighted by Gasteiger charge is 2.18. The summed E-state index contributed by atoms with van der Waals surface area (Å²) in [7, 11) is 0. The van der Waals surface area contributed by atoms with Crippen LogP contribution in [0.2, 0.25) is 0 Å². The third kappa shape index (κ3) is 8.18. The Kier molecular flexibility index (Phi) is 6.36. The number of nitrogens with one attached hydrogen (secondary N) is 1. The van der Waals surface area contributed by atoms with Gasteiger partial charge in [-0.1, -0.05) is 32.9 Å². The molecule has 0 aliphatic carbocycles. The molecule has 0 amide bonds. The summed E-state index contributed by atoms with van der Waals surface area (Å²) in [6.07, 6.45) is 0.951. The maximum Gasteiger partial charge on any atom is 0.123 e. The molecule has 0 heterocycles. The molecule has 1 atom stereocenters. The molecule has 1 aromatic rings. The molecule has 0 saturated heterocycles. The van der Waals surface area contributed by atoms with Crippen LogP contribution in [0.15, 0.2) is 24.3 Å². The van der Waals surface area contributed by atoms with Crippen molar-refractivity contribution in [3.63, 3.8) is 0 Å². The van der Waals surface area contributed by atoms with Gasteiger partial charge in [0.25, 0.3) is 0 Å². The van der Waals surface area contributed by atoms with Crippen LogP contribution in [0, 0.1) is 11.2 Å². The summed E-state index contributed by atoms with van der Waals surface area (Å²) in [4.78, 5) is 0. The van der Waals surface area contributed by atoms with E-state index in [9.17, 15) is 4.39 Å². The lowest BCUT2D eigenvalue weighted by molar-refractivity contribution is 0.0333. The van der Waals surface area contributed by atoms with Gasteiger partial charge in [0.1, 0.15) is 5.82 Å². The third-order valence-electron chi connectivity index (χ3n) is 3.23. The Labute approximate surface area is 129 Å².